The maximum Gasteiger partial charge on any atom is 0.336 e. The molecule has 0 saturated carbocycles. The summed E-state index contributed by atoms with van der Waals surface area (Å²) in [5.74, 6) is -1.91. The van der Waals surface area contributed by atoms with Crippen LogP contribution < -0.4 is 5.01 Å². The van der Waals surface area contributed by atoms with Gasteiger partial charge in [-0.2, -0.15) is 9.49 Å². The van der Waals surface area contributed by atoms with E-state index >= 15 is 0 Å². The number of hydrazone groups is 1. The minimum atomic E-state index is -1.26. The van der Waals surface area contributed by atoms with Crippen molar-refractivity contribution in [3.05, 3.63) is 70.1 Å². The molecule has 0 saturated heterocycles. The van der Waals surface area contributed by atoms with Crippen LogP contribution in [0.3, 0.4) is 0 Å². The number of nitrogens with zero attached hydrogens (tertiary/aromatic N) is 3. The predicted molar refractivity (Wildman–Crippen MR) is 102 cm³/mol. The fraction of sp³-hybridized carbons (Fsp3) is 0.105. The lowest BCUT2D eigenvalue weighted by Crippen LogP contribution is -2.10. The first-order valence-corrected chi connectivity index (χ1v) is 8.71. The Bertz CT molecular complexity index is 1030. The number of benzene rings is 2. The van der Waals surface area contributed by atoms with Crippen LogP contribution >= 0.6 is 11.3 Å². The van der Waals surface area contributed by atoms with E-state index in [1.165, 1.54) is 17.3 Å². The van der Waals surface area contributed by atoms with Crippen LogP contribution in [0.1, 0.15) is 21.5 Å². The second kappa shape index (κ2) is 7.63. The zero-order chi connectivity index (χ0) is 19.6. The molecule has 0 atom stereocenters. The van der Waals surface area contributed by atoms with Gasteiger partial charge in [-0.25, -0.2) is 19.2 Å². The van der Waals surface area contributed by atoms with Gasteiger partial charge in [-0.15, -0.1) is 0 Å². The average molecular weight is 387 g/mol. The molecule has 3 rings (SSSR count). The third kappa shape index (κ3) is 4.01. The highest BCUT2D eigenvalue weighted by Gasteiger charge is 2.17. The number of aromatic nitrogens is 1. The lowest BCUT2D eigenvalue weighted by Gasteiger charge is -2.08. The van der Waals surface area contributed by atoms with E-state index in [1.54, 1.807) is 13.1 Å². The van der Waals surface area contributed by atoms with Crippen molar-refractivity contribution in [3.8, 4) is 11.3 Å². The largest absolute Gasteiger partial charge is 0.478 e. The smallest absolute Gasteiger partial charge is 0.336 e. The number of halogens is 2. The molecule has 0 aliphatic heterocycles. The molecular weight excluding hydrogens is 372 g/mol. The molecular formula is C19H15F2N3O2S. The van der Waals surface area contributed by atoms with Crippen molar-refractivity contribution in [2.24, 2.45) is 5.10 Å². The van der Waals surface area contributed by atoms with Gasteiger partial charge >= 0.3 is 5.97 Å². The minimum Gasteiger partial charge on any atom is -0.478 e. The van der Waals surface area contributed by atoms with Gasteiger partial charge in [0.05, 0.1) is 11.8 Å². The average Bonchev–Trinajstić information content (AvgIpc) is 3.02. The molecule has 27 heavy (non-hydrogen) atoms. The van der Waals surface area contributed by atoms with Gasteiger partial charge < -0.3 is 5.11 Å². The summed E-state index contributed by atoms with van der Waals surface area (Å²) in [4.78, 5) is 15.5. The molecule has 1 N–H and O–H groups in total. The number of anilines is 1. The predicted octanol–water partition coefficient (Wildman–Crippen LogP) is 4.57. The van der Waals surface area contributed by atoms with Crippen molar-refractivity contribution in [2.45, 2.75) is 6.92 Å². The number of aryl methyl sites for hydroxylation is 1. The summed E-state index contributed by atoms with van der Waals surface area (Å²) >= 11 is 0.832. The SMILES string of the molecule is Cc1ccccc1-c1nc(N(C)/N=C/c2ccc(F)cc2C(=O)O)sc1F. The van der Waals surface area contributed by atoms with Gasteiger partial charge in [0.1, 0.15) is 11.5 Å². The van der Waals surface area contributed by atoms with Crippen LogP contribution in [0.25, 0.3) is 11.3 Å². The zero-order valence-electron chi connectivity index (χ0n) is 14.5. The van der Waals surface area contributed by atoms with Crippen molar-refractivity contribution < 1.29 is 18.7 Å². The van der Waals surface area contributed by atoms with Crippen LogP contribution in [0.4, 0.5) is 13.9 Å². The molecule has 2 aromatic carbocycles. The van der Waals surface area contributed by atoms with E-state index in [0.717, 1.165) is 29.0 Å². The van der Waals surface area contributed by atoms with Crippen molar-refractivity contribution in [3.63, 3.8) is 0 Å². The Balaban J connectivity index is 1.89. The second-order valence-electron chi connectivity index (χ2n) is 5.74. The third-order valence-electron chi connectivity index (χ3n) is 3.87. The topological polar surface area (TPSA) is 65.8 Å². The summed E-state index contributed by atoms with van der Waals surface area (Å²) in [6.07, 6.45) is 1.27. The summed E-state index contributed by atoms with van der Waals surface area (Å²) < 4.78 is 27.6. The molecule has 8 heteroatoms. The van der Waals surface area contributed by atoms with E-state index in [-0.39, 0.29) is 16.8 Å². The molecule has 0 amide bonds. The summed E-state index contributed by atoms with van der Waals surface area (Å²) in [5.41, 5.74) is 1.85. The Morgan fingerprint density at radius 2 is 2.00 bits per heavy atom. The first-order chi connectivity index (χ1) is 12.9. The Kier molecular flexibility index (Phi) is 5.27. The zero-order valence-corrected chi connectivity index (χ0v) is 15.3. The van der Waals surface area contributed by atoms with Gasteiger partial charge in [-0.3, -0.25) is 0 Å². The fourth-order valence-corrected chi connectivity index (χ4v) is 3.19. The van der Waals surface area contributed by atoms with Crippen molar-refractivity contribution in [1.29, 1.82) is 0 Å². The van der Waals surface area contributed by atoms with E-state index in [1.807, 2.05) is 25.1 Å². The lowest BCUT2D eigenvalue weighted by molar-refractivity contribution is 0.0696. The number of hydrogen-bond donors (Lipinski definition) is 1. The highest BCUT2D eigenvalue weighted by Crippen LogP contribution is 2.32. The van der Waals surface area contributed by atoms with E-state index < -0.39 is 16.9 Å². The summed E-state index contributed by atoms with van der Waals surface area (Å²) in [5, 5.41) is 14.5. The Labute approximate surface area is 158 Å². The molecule has 0 radical (unpaired) electrons. The Hall–Kier alpha value is -3.13. The molecule has 5 nitrogen and oxygen atoms in total. The number of carboxylic acid groups (broad SMARTS) is 1. The molecule has 0 bridgehead atoms. The quantitative estimate of drug-likeness (QED) is 0.515. The number of carbonyl (C=O) groups is 1. The molecule has 0 aliphatic carbocycles. The fourth-order valence-electron chi connectivity index (χ4n) is 2.46. The maximum absolute atomic E-state index is 14.4. The van der Waals surface area contributed by atoms with Gasteiger partial charge in [0, 0.05) is 18.2 Å². The van der Waals surface area contributed by atoms with E-state index in [0.29, 0.717) is 10.7 Å². The standard InChI is InChI=1S/C19H15F2N3O2S/c1-11-5-3-4-6-14(11)16-17(21)27-19(23-16)24(2)22-10-12-7-8-13(20)9-15(12)18(25)26/h3-10H,1-2H3,(H,25,26)/b22-10+. The molecule has 0 fully saturated rings. The van der Waals surface area contributed by atoms with E-state index in [4.69, 9.17) is 5.11 Å². The van der Waals surface area contributed by atoms with Crippen LogP contribution in [0, 0.1) is 17.9 Å². The first-order valence-electron chi connectivity index (χ1n) is 7.89. The summed E-state index contributed by atoms with van der Waals surface area (Å²) in [6.45, 7) is 1.87. The number of thiazole rings is 1. The number of aromatic carboxylic acids is 1. The Morgan fingerprint density at radius 3 is 2.70 bits per heavy atom. The number of carboxylic acids is 1. The van der Waals surface area contributed by atoms with E-state index in [2.05, 4.69) is 10.1 Å². The number of rotatable bonds is 5. The molecule has 0 spiro atoms. The molecule has 1 aromatic heterocycles. The highest BCUT2D eigenvalue weighted by atomic mass is 32.1. The lowest BCUT2D eigenvalue weighted by atomic mass is 10.1. The third-order valence-corrected chi connectivity index (χ3v) is 4.78. The maximum atomic E-state index is 14.4. The van der Waals surface area contributed by atoms with Crippen molar-refractivity contribution in [1.82, 2.24) is 4.98 Å². The van der Waals surface area contributed by atoms with Gasteiger partial charge in [-0.1, -0.05) is 35.6 Å². The van der Waals surface area contributed by atoms with E-state index in [9.17, 15) is 13.6 Å². The minimum absolute atomic E-state index is 0.210. The molecule has 3 aromatic rings. The Morgan fingerprint density at radius 1 is 1.26 bits per heavy atom. The first kappa shape index (κ1) is 18.7. The second-order valence-corrected chi connectivity index (χ2v) is 6.67. The summed E-state index contributed by atoms with van der Waals surface area (Å²) in [7, 11) is 1.57. The van der Waals surface area contributed by atoms with Crippen LogP contribution in [0.15, 0.2) is 47.6 Å². The van der Waals surface area contributed by atoms with Gasteiger partial charge in [0.15, 0.2) is 0 Å². The van der Waals surface area contributed by atoms with Crippen molar-refractivity contribution in [2.75, 3.05) is 12.1 Å². The molecule has 0 aliphatic rings. The summed E-state index contributed by atoms with van der Waals surface area (Å²) in [6, 6.07) is 10.7. The highest BCUT2D eigenvalue weighted by molar-refractivity contribution is 7.14. The van der Waals surface area contributed by atoms with Gasteiger partial charge in [-0.05, 0) is 30.7 Å². The van der Waals surface area contributed by atoms with Crippen LogP contribution in [-0.2, 0) is 0 Å². The van der Waals surface area contributed by atoms with Gasteiger partial charge in [0.2, 0.25) is 10.3 Å². The normalized spacial score (nSPS) is 11.1. The molecule has 0 unspecified atom stereocenters. The van der Waals surface area contributed by atoms with Crippen LogP contribution in [-0.4, -0.2) is 29.3 Å². The monoisotopic (exact) mass is 387 g/mol. The number of hydrogen-bond acceptors (Lipinski definition) is 5. The van der Waals surface area contributed by atoms with Crippen molar-refractivity contribution >= 4 is 28.7 Å². The molecule has 138 valence electrons. The van der Waals surface area contributed by atoms with Crippen LogP contribution in [0.5, 0.6) is 0 Å². The van der Waals surface area contributed by atoms with Crippen LogP contribution in [0.2, 0.25) is 0 Å². The molecule has 1 heterocycles. The van der Waals surface area contributed by atoms with Gasteiger partial charge in [0.25, 0.3) is 0 Å².